The first-order chi connectivity index (χ1) is 11.7. The first-order valence-corrected chi connectivity index (χ1v) is 9.32. The molecule has 0 unspecified atom stereocenters. The van der Waals surface area contributed by atoms with Gasteiger partial charge in [0.2, 0.25) is 0 Å². The van der Waals surface area contributed by atoms with Crippen molar-refractivity contribution in [3.63, 3.8) is 0 Å². The van der Waals surface area contributed by atoms with Gasteiger partial charge in [-0.25, -0.2) is 4.98 Å². The van der Waals surface area contributed by atoms with Gasteiger partial charge in [0.05, 0.1) is 5.02 Å². The lowest BCUT2D eigenvalue weighted by atomic mass is 9.79. The van der Waals surface area contributed by atoms with Crippen LogP contribution in [0, 0.1) is 17.8 Å². The van der Waals surface area contributed by atoms with Crippen molar-refractivity contribution in [1.29, 1.82) is 0 Å². The number of aryl methyl sites for hydroxylation is 1. The summed E-state index contributed by atoms with van der Waals surface area (Å²) in [5, 5.41) is 0.791. The molecular formula is C21H21Cl2N. The Morgan fingerprint density at radius 2 is 1.79 bits per heavy atom. The van der Waals surface area contributed by atoms with Crippen molar-refractivity contribution < 1.29 is 0 Å². The molecule has 0 spiro atoms. The first-order valence-electron chi connectivity index (χ1n) is 8.57. The van der Waals surface area contributed by atoms with Crippen LogP contribution in [0.4, 0.5) is 0 Å². The van der Waals surface area contributed by atoms with Gasteiger partial charge in [0, 0.05) is 17.7 Å². The Labute approximate surface area is 154 Å². The summed E-state index contributed by atoms with van der Waals surface area (Å²) in [6, 6.07) is 10.9. The summed E-state index contributed by atoms with van der Waals surface area (Å²) in [6.45, 7) is 2.20. The Kier molecular flexibility index (Phi) is 5.82. The van der Waals surface area contributed by atoms with Crippen LogP contribution in [0.5, 0.6) is 0 Å². The van der Waals surface area contributed by atoms with Crippen LogP contribution < -0.4 is 0 Å². The quantitative estimate of drug-likeness (QED) is 0.455. The lowest BCUT2D eigenvalue weighted by Gasteiger charge is -2.26. The molecule has 124 valence electrons. The molecule has 1 saturated carbocycles. The summed E-state index contributed by atoms with van der Waals surface area (Å²) in [6.07, 6.45) is 7.52. The largest absolute Gasteiger partial charge is 0.242 e. The van der Waals surface area contributed by atoms with Crippen LogP contribution in [0.25, 0.3) is 0 Å². The van der Waals surface area contributed by atoms with E-state index in [1.165, 1.54) is 24.0 Å². The van der Waals surface area contributed by atoms with E-state index in [4.69, 9.17) is 23.2 Å². The summed E-state index contributed by atoms with van der Waals surface area (Å²) in [4.78, 5) is 4.04. The minimum Gasteiger partial charge on any atom is -0.242 e. The summed E-state index contributed by atoms with van der Waals surface area (Å²) in [5.41, 5.74) is 3.72. The number of benzene rings is 1. The molecule has 0 radical (unpaired) electrons. The predicted molar refractivity (Wildman–Crippen MR) is 102 cm³/mol. The van der Waals surface area contributed by atoms with Crippen LogP contribution in [0.15, 0.2) is 36.5 Å². The highest BCUT2D eigenvalue weighted by Gasteiger charge is 2.21. The molecule has 1 nitrogen and oxygen atoms in total. The maximum atomic E-state index is 5.98. The molecule has 3 rings (SSSR count). The van der Waals surface area contributed by atoms with E-state index in [-0.39, 0.29) is 0 Å². The zero-order valence-electron chi connectivity index (χ0n) is 13.9. The molecular weight excluding hydrogens is 337 g/mol. The first kappa shape index (κ1) is 17.3. The minimum atomic E-state index is 0.330. The monoisotopic (exact) mass is 357 g/mol. The van der Waals surface area contributed by atoms with Crippen molar-refractivity contribution in [3.05, 3.63) is 63.4 Å². The number of pyridine rings is 1. The smallest absolute Gasteiger partial charge is 0.147 e. The second-order valence-electron chi connectivity index (χ2n) is 6.41. The summed E-state index contributed by atoms with van der Waals surface area (Å²) < 4.78 is 0. The lowest BCUT2D eigenvalue weighted by molar-refractivity contribution is 0.384. The standard InChI is InChI=1S/C21H21Cl2N/c1-2-15-5-9-18(10-6-15)19-11-7-16(8-12-19)3-4-17-13-20(22)21(23)24-14-17/h5-6,9-10,13-14,16,19H,2,7-8,11-12H2,1H3/t16-,19-. The van der Waals surface area contributed by atoms with Crippen molar-refractivity contribution >= 4 is 23.2 Å². The van der Waals surface area contributed by atoms with Crippen LogP contribution in [-0.4, -0.2) is 4.98 Å². The summed E-state index contributed by atoms with van der Waals surface area (Å²) in [7, 11) is 0. The van der Waals surface area contributed by atoms with Gasteiger partial charge < -0.3 is 0 Å². The van der Waals surface area contributed by atoms with Crippen LogP contribution >= 0.6 is 23.2 Å². The Balaban J connectivity index is 1.59. The van der Waals surface area contributed by atoms with Gasteiger partial charge in [0.25, 0.3) is 0 Å². The molecule has 1 aromatic carbocycles. The zero-order chi connectivity index (χ0) is 16.9. The van der Waals surface area contributed by atoms with Crippen LogP contribution in [0.1, 0.15) is 55.2 Å². The normalized spacial score (nSPS) is 20.3. The molecule has 1 fully saturated rings. The van der Waals surface area contributed by atoms with E-state index < -0.39 is 0 Å². The molecule has 24 heavy (non-hydrogen) atoms. The zero-order valence-corrected chi connectivity index (χ0v) is 15.4. The predicted octanol–water partition coefficient (Wildman–Crippen LogP) is 6.28. The third kappa shape index (κ3) is 4.32. The van der Waals surface area contributed by atoms with E-state index in [9.17, 15) is 0 Å². The van der Waals surface area contributed by atoms with E-state index >= 15 is 0 Å². The molecule has 2 aromatic rings. The van der Waals surface area contributed by atoms with E-state index in [2.05, 4.69) is 48.0 Å². The molecule has 0 bridgehead atoms. The highest BCUT2D eigenvalue weighted by Crippen LogP contribution is 2.35. The summed E-state index contributed by atoms with van der Waals surface area (Å²) in [5.74, 6) is 7.72. The molecule has 1 aliphatic rings. The molecule has 0 aliphatic heterocycles. The molecule has 1 aliphatic carbocycles. The van der Waals surface area contributed by atoms with Crippen molar-refractivity contribution in [2.24, 2.45) is 5.92 Å². The highest BCUT2D eigenvalue weighted by molar-refractivity contribution is 6.41. The number of hydrogen-bond acceptors (Lipinski definition) is 1. The number of nitrogens with zero attached hydrogens (tertiary/aromatic N) is 1. The van der Waals surface area contributed by atoms with Crippen molar-refractivity contribution in [2.75, 3.05) is 0 Å². The lowest BCUT2D eigenvalue weighted by Crippen LogP contribution is -2.12. The second kappa shape index (κ2) is 8.06. The Morgan fingerprint density at radius 1 is 1.08 bits per heavy atom. The van der Waals surface area contributed by atoms with Gasteiger partial charge in [-0.15, -0.1) is 0 Å². The number of hydrogen-bond donors (Lipinski definition) is 0. The maximum absolute atomic E-state index is 5.98. The topological polar surface area (TPSA) is 12.9 Å². The fraction of sp³-hybridized carbons (Fsp3) is 0.381. The third-order valence-corrected chi connectivity index (χ3v) is 5.49. The van der Waals surface area contributed by atoms with Crippen LogP contribution in [0.2, 0.25) is 10.2 Å². The molecule has 1 aromatic heterocycles. The molecule has 0 N–H and O–H groups in total. The fourth-order valence-electron chi connectivity index (χ4n) is 3.27. The van der Waals surface area contributed by atoms with Gasteiger partial charge in [-0.3, -0.25) is 0 Å². The van der Waals surface area contributed by atoms with Gasteiger partial charge in [-0.1, -0.05) is 66.2 Å². The minimum absolute atomic E-state index is 0.330. The Bertz CT molecular complexity index is 748. The fourth-order valence-corrected chi connectivity index (χ4v) is 3.54. The van der Waals surface area contributed by atoms with E-state index in [1.54, 1.807) is 12.3 Å². The van der Waals surface area contributed by atoms with E-state index in [0.29, 0.717) is 22.0 Å². The molecule has 3 heteroatoms. The van der Waals surface area contributed by atoms with Crippen molar-refractivity contribution in [1.82, 2.24) is 4.98 Å². The molecule has 0 saturated heterocycles. The molecule has 0 amide bonds. The Hall–Kier alpha value is -1.49. The summed E-state index contributed by atoms with van der Waals surface area (Å²) >= 11 is 11.8. The number of rotatable bonds is 2. The van der Waals surface area contributed by atoms with Gasteiger partial charge in [-0.2, -0.15) is 0 Å². The number of halogens is 2. The van der Waals surface area contributed by atoms with Gasteiger partial charge >= 0.3 is 0 Å². The van der Waals surface area contributed by atoms with Gasteiger partial charge in [0.15, 0.2) is 0 Å². The van der Waals surface area contributed by atoms with Gasteiger partial charge in [-0.05, 0) is 55.2 Å². The second-order valence-corrected chi connectivity index (χ2v) is 7.17. The van der Waals surface area contributed by atoms with Crippen LogP contribution in [0.3, 0.4) is 0 Å². The molecule has 0 atom stereocenters. The average molecular weight is 358 g/mol. The van der Waals surface area contributed by atoms with E-state index in [0.717, 1.165) is 24.8 Å². The van der Waals surface area contributed by atoms with Crippen LogP contribution in [-0.2, 0) is 6.42 Å². The third-order valence-electron chi connectivity index (χ3n) is 4.80. The van der Waals surface area contributed by atoms with Crippen molar-refractivity contribution in [2.45, 2.75) is 44.9 Å². The SMILES string of the molecule is CCc1ccc([C@H]2CC[C@H](C#Cc3cnc(Cl)c(Cl)c3)CC2)cc1. The maximum Gasteiger partial charge on any atom is 0.147 e. The highest BCUT2D eigenvalue weighted by atomic mass is 35.5. The van der Waals surface area contributed by atoms with E-state index in [1.807, 2.05) is 0 Å². The average Bonchev–Trinajstić information content (AvgIpc) is 2.63. The van der Waals surface area contributed by atoms with Gasteiger partial charge in [0.1, 0.15) is 5.15 Å². The number of aromatic nitrogens is 1. The Morgan fingerprint density at radius 3 is 2.42 bits per heavy atom. The van der Waals surface area contributed by atoms with Crippen molar-refractivity contribution in [3.8, 4) is 11.8 Å². The molecule has 1 heterocycles.